The van der Waals surface area contributed by atoms with Gasteiger partial charge < -0.3 is 20.1 Å². The highest BCUT2D eigenvalue weighted by atomic mass is 16.5. The number of β-amino-alcohol motifs (C(OH)–C–C–N with tert-alkyl or cyclic N) is 1. The Balaban J connectivity index is 1.95. The van der Waals surface area contributed by atoms with Gasteiger partial charge >= 0.3 is 5.97 Å². The number of methoxy groups -OCH3 is 1. The third-order valence-corrected chi connectivity index (χ3v) is 5.00. The van der Waals surface area contributed by atoms with Crippen LogP contribution >= 0.6 is 0 Å². The van der Waals surface area contributed by atoms with Gasteiger partial charge in [0, 0.05) is 12.2 Å². The number of aliphatic hydroxyl groups is 1. The highest BCUT2D eigenvalue weighted by Gasteiger charge is 2.34. The molecule has 1 heterocycles. The van der Waals surface area contributed by atoms with Gasteiger partial charge in [-0.3, -0.25) is 4.79 Å². The second kappa shape index (κ2) is 11.5. The fourth-order valence-corrected chi connectivity index (χ4v) is 3.36. The summed E-state index contributed by atoms with van der Waals surface area (Å²) in [6.07, 6.45) is 8.68. The van der Waals surface area contributed by atoms with Crippen molar-refractivity contribution < 1.29 is 19.4 Å². The topological polar surface area (TPSA) is 78.9 Å². The van der Waals surface area contributed by atoms with Crippen molar-refractivity contribution in [1.82, 2.24) is 4.90 Å². The third-order valence-electron chi connectivity index (χ3n) is 5.00. The third kappa shape index (κ3) is 6.09. The van der Waals surface area contributed by atoms with Gasteiger partial charge in [0.1, 0.15) is 5.70 Å². The summed E-state index contributed by atoms with van der Waals surface area (Å²) in [5, 5.41) is 12.2. The Kier molecular flexibility index (Phi) is 9.01. The summed E-state index contributed by atoms with van der Waals surface area (Å²) < 4.78 is 4.80. The number of rotatable bonds is 12. The van der Waals surface area contributed by atoms with Gasteiger partial charge in [-0.1, -0.05) is 51.2 Å². The van der Waals surface area contributed by atoms with E-state index in [1.165, 1.54) is 56.1 Å². The van der Waals surface area contributed by atoms with E-state index in [9.17, 15) is 9.59 Å². The van der Waals surface area contributed by atoms with Gasteiger partial charge in [-0.15, -0.1) is 0 Å². The van der Waals surface area contributed by atoms with E-state index >= 15 is 0 Å². The number of benzene rings is 1. The average Bonchev–Trinajstić information content (AvgIpc) is 3.01. The van der Waals surface area contributed by atoms with Crippen LogP contribution in [0.3, 0.4) is 0 Å². The highest BCUT2D eigenvalue weighted by molar-refractivity contribution is 6.08. The van der Waals surface area contributed by atoms with Crippen LogP contribution < -0.4 is 5.32 Å². The molecule has 2 N–H and O–H groups in total. The van der Waals surface area contributed by atoms with Crippen molar-refractivity contribution in [2.24, 2.45) is 0 Å². The number of nitrogens with zero attached hydrogens (tertiary/aromatic N) is 1. The molecule has 0 atom stereocenters. The summed E-state index contributed by atoms with van der Waals surface area (Å²) in [5.74, 6) is -0.832. The van der Waals surface area contributed by atoms with Crippen molar-refractivity contribution in [2.75, 3.05) is 32.1 Å². The lowest BCUT2D eigenvalue weighted by molar-refractivity contribution is -0.136. The number of anilines is 1. The summed E-state index contributed by atoms with van der Waals surface area (Å²) in [4.78, 5) is 26.0. The Morgan fingerprint density at radius 1 is 1.14 bits per heavy atom. The van der Waals surface area contributed by atoms with E-state index in [4.69, 9.17) is 9.84 Å². The second-order valence-electron chi connectivity index (χ2n) is 7.14. The SMILES string of the molecule is CCCCCCCCc1ccc(NC2=C(C(=O)OC)CN(CCO)C2=O)cc1. The molecule has 1 aliphatic heterocycles. The molecule has 1 aromatic rings. The van der Waals surface area contributed by atoms with Gasteiger partial charge in [0.25, 0.3) is 5.91 Å². The first-order valence-corrected chi connectivity index (χ1v) is 10.2. The Bertz CT molecular complexity index is 682. The first-order valence-electron chi connectivity index (χ1n) is 10.2. The smallest absolute Gasteiger partial charge is 0.337 e. The number of esters is 1. The fourth-order valence-electron chi connectivity index (χ4n) is 3.36. The molecule has 0 radical (unpaired) electrons. The minimum Gasteiger partial charge on any atom is -0.466 e. The number of unbranched alkanes of at least 4 members (excludes halogenated alkanes) is 5. The van der Waals surface area contributed by atoms with Crippen molar-refractivity contribution in [2.45, 2.75) is 51.9 Å². The maximum atomic E-state index is 12.5. The molecule has 6 heteroatoms. The van der Waals surface area contributed by atoms with Crippen LogP contribution in [0.25, 0.3) is 0 Å². The van der Waals surface area contributed by atoms with E-state index in [-0.39, 0.29) is 36.9 Å². The summed E-state index contributed by atoms with van der Waals surface area (Å²) in [5.41, 5.74) is 2.53. The Labute approximate surface area is 167 Å². The molecule has 28 heavy (non-hydrogen) atoms. The highest BCUT2D eigenvalue weighted by Crippen LogP contribution is 2.23. The molecule has 1 amide bonds. The van der Waals surface area contributed by atoms with Crippen LogP contribution in [-0.2, 0) is 20.7 Å². The van der Waals surface area contributed by atoms with Crippen LogP contribution in [0.4, 0.5) is 5.69 Å². The number of hydrogen-bond acceptors (Lipinski definition) is 5. The number of carbonyl (C=O) groups excluding carboxylic acids is 2. The van der Waals surface area contributed by atoms with E-state index in [1.807, 2.05) is 12.1 Å². The predicted octanol–water partition coefficient (Wildman–Crippen LogP) is 3.26. The summed E-state index contributed by atoms with van der Waals surface area (Å²) in [7, 11) is 1.29. The maximum Gasteiger partial charge on any atom is 0.337 e. The Morgan fingerprint density at radius 3 is 2.46 bits per heavy atom. The minimum atomic E-state index is -0.531. The normalized spacial score (nSPS) is 14.0. The molecule has 154 valence electrons. The van der Waals surface area contributed by atoms with Gasteiger partial charge in [0.2, 0.25) is 0 Å². The van der Waals surface area contributed by atoms with Gasteiger partial charge in [-0.25, -0.2) is 4.79 Å². The molecule has 0 aliphatic carbocycles. The van der Waals surface area contributed by atoms with Crippen molar-refractivity contribution in [3.05, 3.63) is 41.1 Å². The number of aryl methyl sites for hydroxylation is 1. The van der Waals surface area contributed by atoms with Crippen LogP contribution in [-0.4, -0.2) is 48.7 Å². The monoisotopic (exact) mass is 388 g/mol. The number of carbonyl (C=O) groups is 2. The van der Waals surface area contributed by atoms with E-state index in [1.54, 1.807) is 0 Å². The van der Waals surface area contributed by atoms with Gasteiger partial charge in [-0.05, 0) is 30.5 Å². The molecule has 1 aromatic carbocycles. The molecule has 6 nitrogen and oxygen atoms in total. The number of ether oxygens (including phenoxy) is 1. The van der Waals surface area contributed by atoms with Crippen LogP contribution in [0.2, 0.25) is 0 Å². The number of amides is 1. The molecule has 0 saturated carbocycles. The molecular weight excluding hydrogens is 356 g/mol. The van der Waals surface area contributed by atoms with Crippen LogP contribution in [0.15, 0.2) is 35.5 Å². The van der Waals surface area contributed by atoms with Crippen LogP contribution in [0, 0.1) is 0 Å². The predicted molar refractivity (Wildman–Crippen MR) is 110 cm³/mol. The Hall–Kier alpha value is -2.34. The summed E-state index contributed by atoms with van der Waals surface area (Å²) >= 11 is 0. The van der Waals surface area contributed by atoms with Crippen molar-refractivity contribution in [3.8, 4) is 0 Å². The van der Waals surface area contributed by atoms with Crippen molar-refractivity contribution in [1.29, 1.82) is 0 Å². The molecule has 0 spiro atoms. The molecule has 0 fully saturated rings. The number of nitrogens with one attached hydrogen (secondary N) is 1. The lowest BCUT2D eigenvalue weighted by Gasteiger charge is -2.15. The van der Waals surface area contributed by atoms with E-state index in [0.29, 0.717) is 0 Å². The molecule has 0 unspecified atom stereocenters. The quantitative estimate of drug-likeness (QED) is 0.424. The molecule has 0 bridgehead atoms. The summed E-state index contributed by atoms with van der Waals surface area (Å²) in [6.45, 7) is 2.40. The van der Waals surface area contributed by atoms with E-state index in [2.05, 4.69) is 24.4 Å². The average molecular weight is 389 g/mol. The first-order chi connectivity index (χ1) is 13.6. The zero-order valence-electron chi connectivity index (χ0n) is 17.0. The lowest BCUT2D eigenvalue weighted by atomic mass is 10.0. The first kappa shape index (κ1) is 22.0. The van der Waals surface area contributed by atoms with Crippen molar-refractivity contribution >= 4 is 17.6 Å². The molecular formula is C22H32N2O4. The number of aliphatic hydroxyl groups excluding tert-OH is 1. The van der Waals surface area contributed by atoms with E-state index < -0.39 is 5.97 Å². The molecule has 2 rings (SSSR count). The largest absolute Gasteiger partial charge is 0.466 e. The lowest BCUT2D eigenvalue weighted by Crippen LogP contribution is -2.31. The molecule has 1 aliphatic rings. The van der Waals surface area contributed by atoms with Crippen molar-refractivity contribution in [3.63, 3.8) is 0 Å². The number of hydrogen-bond donors (Lipinski definition) is 2. The van der Waals surface area contributed by atoms with Crippen LogP contribution in [0.1, 0.15) is 51.0 Å². The molecule has 0 saturated heterocycles. The minimum absolute atomic E-state index is 0.143. The molecule has 0 aromatic heterocycles. The van der Waals surface area contributed by atoms with E-state index in [0.717, 1.165) is 12.1 Å². The zero-order valence-corrected chi connectivity index (χ0v) is 17.0. The maximum absolute atomic E-state index is 12.5. The zero-order chi connectivity index (χ0) is 20.4. The summed E-state index contributed by atoms with van der Waals surface area (Å²) in [6, 6.07) is 7.96. The Morgan fingerprint density at radius 2 is 1.82 bits per heavy atom. The van der Waals surface area contributed by atoms with Gasteiger partial charge in [0.15, 0.2) is 0 Å². The van der Waals surface area contributed by atoms with Gasteiger partial charge in [-0.2, -0.15) is 0 Å². The fraction of sp³-hybridized carbons (Fsp3) is 0.545. The second-order valence-corrected chi connectivity index (χ2v) is 7.14. The van der Waals surface area contributed by atoms with Gasteiger partial charge in [0.05, 0.1) is 25.8 Å². The van der Waals surface area contributed by atoms with Crippen LogP contribution in [0.5, 0.6) is 0 Å². The standard InChI is InChI=1S/C22H32N2O4/c1-3-4-5-6-7-8-9-17-10-12-18(13-11-17)23-20-19(22(27)28-2)16-24(14-15-25)21(20)26/h10-13,23,25H,3-9,14-16H2,1-2H3.